The summed E-state index contributed by atoms with van der Waals surface area (Å²) in [5.74, 6) is -0.726. The molecule has 150 valence electrons. The lowest BCUT2D eigenvalue weighted by atomic mass is 10.1. The molecule has 0 radical (unpaired) electrons. The molecular weight excluding hydrogens is 368 g/mol. The smallest absolute Gasteiger partial charge is 0.261 e. The van der Waals surface area contributed by atoms with E-state index in [1.807, 2.05) is 39.0 Å². The first kappa shape index (κ1) is 20.3. The number of carbonyl (C=O) groups is 2. The third kappa shape index (κ3) is 4.68. The molecule has 0 fully saturated rings. The molecule has 0 aliphatic heterocycles. The molecule has 0 aliphatic carbocycles. The highest BCUT2D eigenvalue weighted by molar-refractivity contribution is 6.05. The minimum Gasteiger partial charge on any atom is -0.355 e. The zero-order chi connectivity index (χ0) is 21.0. The number of hydrogen-bond donors (Lipinski definition) is 2. The molecule has 7 nitrogen and oxygen atoms in total. The lowest BCUT2D eigenvalue weighted by Crippen LogP contribution is -2.30. The van der Waals surface area contributed by atoms with Crippen LogP contribution in [-0.4, -0.2) is 27.9 Å². The van der Waals surface area contributed by atoms with Crippen molar-refractivity contribution in [2.24, 2.45) is 0 Å². The molecule has 7 heteroatoms. The highest BCUT2D eigenvalue weighted by atomic mass is 16.2. The number of fused-ring (bicyclic) bond motifs is 1. The van der Waals surface area contributed by atoms with Crippen molar-refractivity contribution in [2.75, 3.05) is 11.9 Å². The average molecular weight is 392 g/mol. The van der Waals surface area contributed by atoms with Crippen LogP contribution in [0.4, 0.5) is 5.69 Å². The molecular formula is C22H24N4O3. The number of hydrogen-bond acceptors (Lipinski definition) is 4. The molecule has 0 aliphatic rings. The fourth-order valence-electron chi connectivity index (χ4n) is 3.04. The summed E-state index contributed by atoms with van der Waals surface area (Å²) >= 11 is 0. The van der Waals surface area contributed by atoms with Gasteiger partial charge in [-0.15, -0.1) is 0 Å². The van der Waals surface area contributed by atoms with Crippen molar-refractivity contribution in [1.29, 1.82) is 0 Å². The summed E-state index contributed by atoms with van der Waals surface area (Å²) in [5, 5.41) is 5.86. The van der Waals surface area contributed by atoms with Crippen LogP contribution in [0.2, 0.25) is 0 Å². The molecule has 0 saturated carbocycles. The second-order valence-corrected chi connectivity index (χ2v) is 7.00. The first-order valence-corrected chi connectivity index (χ1v) is 9.54. The SMILES string of the molecule is CCCNC(=O)Cn1cc(C(=O)Nc2cccc(C)c2)c(=O)c2ccc(C)nc21. The lowest BCUT2D eigenvalue weighted by molar-refractivity contribution is -0.121. The van der Waals surface area contributed by atoms with E-state index in [1.165, 1.54) is 6.20 Å². The van der Waals surface area contributed by atoms with Gasteiger partial charge in [0.15, 0.2) is 0 Å². The summed E-state index contributed by atoms with van der Waals surface area (Å²) in [5.41, 5.74) is 2.25. The van der Waals surface area contributed by atoms with Crippen molar-refractivity contribution in [3.8, 4) is 0 Å². The Morgan fingerprint density at radius 2 is 1.93 bits per heavy atom. The van der Waals surface area contributed by atoms with E-state index in [-0.39, 0.29) is 18.0 Å². The van der Waals surface area contributed by atoms with Crippen molar-refractivity contribution >= 4 is 28.5 Å². The maximum absolute atomic E-state index is 12.9. The number of nitrogens with one attached hydrogen (secondary N) is 2. The summed E-state index contributed by atoms with van der Waals surface area (Å²) in [6.45, 7) is 6.22. The van der Waals surface area contributed by atoms with Crippen LogP contribution in [0, 0.1) is 13.8 Å². The normalized spacial score (nSPS) is 10.7. The summed E-state index contributed by atoms with van der Waals surface area (Å²) < 4.78 is 1.56. The van der Waals surface area contributed by atoms with E-state index < -0.39 is 11.3 Å². The van der Waals surface area contributed by atoms with Gasteiger partial charge in [0, 0.05) is 24.1 Å². The van der Waals surface area contributed by atoms with E-state index in [0.29, 0.717) is 23.3 Å². The molecule has 3 aromatic rings. The van der Waals surface area contributed by atoms with Gasteiger partial charge in [-0.3, -0.25) is 14.4 Å². The van der Waals surface area contributed by atoms with E-state index in [0.717, 1.165) is 17.7 Å². The zero-order valence-corrected chi connectivity index (χ0v) is 16.8. The molecule has 2 aromatic heterocycles. The maximum Gasteiger partial charge on any atom is 0.261 e. The van der Waals surface area contributed by atoms with Gasteiger partial charge < -0.3 is 15.2 Å². The summed E-state index contributed by atoms with van der Waals surface area (Å²) in [7, 11) is 0. The molecule has 2 amide bonds. The summed E-state index contributed by atoms with van der Waals surface area (Å²) in [6.07, 6.45) is 2.23. The van der Waals surface area contributed by atoms with Gasteiger partial charge in [-0.2, -0.15) is 0 Å². The van der Waals surface area contributed by atoms with E-state index in [4.69, 9.17) is 0 Å². The minimum atomic E-state index is -0.522. The van der Waals surface area contributed by atoms with E-state index in [9.17, 15) is 14.4 Å². The van der Waals surface area contributed by atoms with Gasteiger partial charge in [-0.05, 0) is 50.1 Å². The second-order valence-electron chi connectivity index (χ2n) is 7.00. The molecule has 0 spiro atoms. The lowest BCUT2D eigenvalue weighted by Gasteiger charge is -2.13. The Kier molecular flexibility index (Phi) is 6.07. The molecule has 0 saturated heterocycles. The number of pyridine rings is 2. The van der Waals surface area contributed by atoms with Crippen LogP contribution in [0.15, 0.2) is 47.4 Å². The average Bonchev–Trinajstić information content (AvgIpc) is 2.68. The van der Waals surface area contributed by atoms with Crippen molar-refractivity contribution in [3.05, 3.63) is 69.6 Å². The van der Waals surface area contributed by atoms with Crippen LogP contribution in [0.3, 0.4) is 0 Å². The number of rotatable bonds is 6. The van der Waals surface area contributed by atoms with Crippen LogP contribution in [0.5, 0.6) is 0 Å². The Morgan fingerprint density at radius 1 is 1.14 bits per heavy atom. The summed E-state index contributed by atoms with van der Waals surface area (Å²) in [6, 6.07) is 10.7. The van der Waals surface area contributed by atoms with Gasteiger partial charge >= 0.3 is 0 Å². The maximum atomic E-state index is 12.9. The monoisotopic (exact) mass is 392 g/mol. The van der Waals surface area contributed by atoms with Crippen molar-refractivity contribution in [3.63, 3.8) is 0 Å². The predicted octanol–water partition coefficient (Wildman–Crippen LogP) is 2.79. The summed E-state index contributed by atoms with van der Waals surface area (Å²) in [4.78, 5) is 42.4. The van der Waals surface area contributed by atoms with Gasteiger partial charge in [0.25, 0.3) is 5.91 Å². The van der Waals surface area contributed by atoms with Crippen LogP contribution in [0.25, 0.3) is 11.0 Å². The Hall–Kier alpha value is -3.48. The molecule has 0 atom stereocenters. The van der Waals surface area contributed by atoms with Crippen LogP contribution in [0.1, 0.15) is 35.0 Å². The fraction of sp³-hybridized carbons (Fsp3) is 0.273. The molecule has 0 unspecified atom stereocenters. The number of aromatic nitrogens is 2. The molecule has 0 bridgehead atoms. The van der Waals surface area contributed by atoms with Crippen LogP contribution < -0.4 is 16.1 Å². The van der Waals surface area contributed by atoms with Gasteiger partial charge in [-0.25, -0.2) is 4.98 Å². The molecule has 3 rings (SSSR count). The third-order valence-electron chi connectivity index (χ3n) is 4.47. The quantitative estimate of drug-likeness (QED) is 0.675. The zero-order valence-electron chi connectivity index (χ0n) is 16.8. The Balaban J connectivity index is 2.04. The van der Waals surface area contributed by atoms with E-state index >= 15 is 0 Å². The van der Waals surface area contributed by atoms with Crippen LogP contribution >= 0.6 is 0 Å². The highest BCUT2D eigenvalue weighted by Gasteiger charge is 2.18. The molecule has 29 heavy (non-hydrogen) atoms. The number of benzene rings is 1. The number of aryl methyl sites for hydroxylation is 2. The standard InChI is InChI=1S/C22H24N4O3/c1-4-10-23-19(27)13-26-12-18(20(28)17-9-8-15(3)24-21(17)26)22(29)25-16-7-5-6-14(2)11-16/h5-9,11-12H,4,10,13H2,1-3H3,(H,23,27)(H,25,29). The number of amides is 2. The molecule has 2 heterocycles. The van der Waals surface area contributed by atoms with Gasteiger partial charge in [0.05, 0.1) is 5.39 Å². The molecule has 2 N–H and O–H groups in total. The van der Waals surface area contributed by atoms with Gasteiger partial charge in [0.2, 0.25) is 11.3 Å². The number of carbonyl (C=O) groups excluding carboxylic acids is 2. The minimum absolute atomic E-state index is 0.0298. The molecule has 1 aromatic carbocycles. The van der Waals surface area contributed by atoms with Gasteiger partial charge in [-0.1, -0.05) is 19.1 Å². The first-order chi connectivity index (χ1) is 13.9. The Bertz CT molecular complexity index is 1130. The first-order valence-electron chi connectivity index (χ1n) is 9.54. The van der Waals surface area contributed by atoms with Gasteiger partial charge in [0.1, 0.15) is 17.8 Å². The van der Waals surface area contributed by atoms with Crippen molar-refractivity contribution < 1.29 is 9.59 Å². The fourth-order valence-corrected chi connectivity index (χ4v) is 3.04. The topological polar surface area (TPSA) is 93.1 Å². The predicted molar refractivity (Wildman–Crippen MR) is 113 cm³/mol. The number of anilines is 1. The Morgan fingerprint density at radius 3 is 2.66 bits per heavy atom. The van der Waals surface area contributed by atoms with Crippen molar-refractivity contribution in [1.82, 2.24) is 14.9 Å². The van der Waals surface area contributed by atoms with E-state index in [2.05, 4.69) is 15.6 Å². The largest absolute Gasteiger partial charge is 0.355 e. The van der Waals surface area contributed by atoms with Crippen molar-refractivity contribution in [2.45, 2.75) is 33.7 Å². The number of nitrogens with zero attached hydrogens (tertiary/aromatic N) is 2. The van der Waals surface area contributed by atoms with Crippen LogP contribution in [-0.2, 0) is 11.3 Å². The Labute approximate surface area is 168 Å². The highest BCUT2D eigenvalue weighted by Crippen LogP contribution is 2.14. The third-order valence-corrected chi connectivity index (χ3v) is 4.47. The van der Waals surface area contributed by atoms with E-state index in [1.54, 1.807) is 22.8 Å². The second kappa shape index (κ2) is 8.68.